The molecule has 0 aromatic carbocycles. The average Bonchev–Trinajstić information content (AvgIpc) is 2.89. The molecule has 0 spiro atoms. The van der Waals surface area contributed by atoms with E-state index in [4.69, 9.17) is 21.1 Å². The van der Waals surface area contributed by atoms with E-state index in [0.717, 1.165) is 0 Å². The summed E-state index contributed by atoms with van der Waals surface area (Å²) in [4.78, 5) is 29.2. The Hall–Kier alpha value is -2.07. The fourth-order valence-electron chi connectivity index (χ4n) is 3.46. The predicted octanol–water partition coefficient (Wildman–Crippen LogP) is 4.75. The number of rotatable bonds is 4. The molecule has 3 rings (SSSR count). The van der Waals surface area contributed by atoms with Crippen molar-refractivity contribution in [3.63, 3.8) is 0 Å². The summed E-state index contributed by atoms with van der Waals surface area (Å²) >= 11 is 9.40. The van der Waals surface area contributed by atoms with Gasteiger partial charge in [0.1, 0.15) is 22.2 Å². The van der Waals surface area contributed by atoms with Gasteiger partial charge in [0.15, 0.2) is 5.65 Å². The van der Waals surface area contributed by atoms with Crippen LogP contribution in [-0.2, 0) is 9.47 Å². The first-order valence-electron chi connectivity index (χ1n) is 8.99. The normalized spacial score (nSPS) is 21.5. The van der Waals surface area contributed by atoms with Gasteiger partial charge in [0, 0.05) is 12.6 Å². The number of fused-ring (bicyclic) bond motifs is 1. The molecule has 9 nitrogen and oxygen atoms in total. The summed E-state index contributed by atoms with van der Waals surface area (Å²) in [6, 6.07) is 1.46. The maximum Gasteiger partial charge on any atom is 0.509 e. The number of nitrogens with zero attached hydrogens (tertiary/aromatic N) is 4. The van der Waals surface area contributed by atoms with Crippen LogP contribution >= 0.6 is 27.5 Å². The molecule has 1 aliphatic carbocycles. The fraction of sp³-hybridized carbons (Fsp3) is 0.556. The lowest BCUT2D eigenvalue weighted by molar-refractivity contribution is -0.109. The van der Waals surface area contributed by atoms with Crippen LogP contribution in [0, 0.1) is 5.92 Å². The summed E-state index contributed by atoms with van der Waals surface area (Å²) in [5, 5.41) is 14.1. The molecule has 11 heteroatoms. The highest BCUT2D eigenvalue weighted by molar-refractivity contribution is 9.10. The summed E-state index contributed by atoms with van der Waals surface area (Å²) in [5.74, 6) is 0.291. The van der Waals surface area contributed by atoms with Crippen LogP contribution in [0.4, 0.5) is 15.4 Å². The lowest BCUT2D eigenvalue weighted by Gasteiger charge is -2.45. The summed E-state index contributed by atoms with van der Waals surface area (Å²) in [5.41, 5.74) is -0.900. The van der Waals surface area contributed by atoms with E-state index < -0.39 is 23.5 Å². The molecule has 2 aromatic rings. The van der Waals surface area contributed by atoms with Crippen LogP contribution in [0.5, 0.6) is 0 Å². The molecule has 1 amide bonds. The molecule has 1 N–H and O–H groups in total. The lowest BCUT2D eigenvalue weighted by Crippen LogP contribution is -2.50. The lowest BCUT2D eigenvalue weighted by atomic mass is 9.71. The molecule has 1 saturated carbocycles. The monoisotopic (exact) mass is 488 g/mol. The van der Waals surface area contributed by atoms with Gasteiger partial charge in [0.25, 0.3) is 0 Å². The van der Waals surface area contributed by atoms with Gasteiger partial charge in [-0.25, -0.2) is 14.6 Å². The molecule has 2 aromatic heterocycles. The van der Waals surface area contributed by atoms with Crippen LogP contribution in [0.2, 0.25) is 5.15 Å². The van der Waals surface area contributed by atoms with Gasteiger partial charge in [-0.15, -0.1) is 0 Å². The summed E-state index contributed by atoms with van der Waals surface area (Å²) in [7, 11) is 0. The van der Waals surface area contributed by atoms with E-state index in [1.54, 1.807) is 20.8 Å². The molecular formula is C18H22BrClN4O5. The molecule has 1 fully saturated rings. The van der Waals surface area contributed by atoms with Crippen LogP contribution in [0.15, 0.2) is 16.7 Å². The van der Waals surface area contributed by atoms with Crippen LogP contribution in [0.3, 0.4) is 0 Å². The number of carbonyl (C=O) groups is 2. The third kappa shape index (κ3) is 4.92. The van der Waals surface area contributed by atoms with Crippen molar-refractivity contribution >= 4 is 51.2 Å². The minimum absolute atomic E-state index is 0.000435. The Balaban J connectivity index is 1.71. The number of halogens is 2. The van der Waals surface area contributed by atoms with E-state index in [2.05, 4.69) is 26.0 Å². The maximum atomic E-state index is 11.9. The molecule has 158 valence electrons. The van der Waals surface area contributed by atoms with E-state index in [-0.39, 0.29) is 17.6 Å². The first-order chi connectivity index (χ1) is 13.4. The Morgan fingerprint density at radius 3 is 2.69 bits per heavy atom. The zero-order valence-electron chi connectivity index (χ0n) is 16.5. The maximum absolute atomic E-state index is 11.9. The SMILES string of the molecule is CC(C)(C)OC(=O)OC1(C)CC(CN(C(=O)O)c2cc(Cl)nc3c(Br)cnn23)C1. The van der Waals surface area contributed by atoms with Gasteiger partial charge >= 0.3 is 12.2 Å². The van der Waals surface area contributed by atoms with Gasteiger partial charge in [-0.1, -0.05) is 11.6 Å². The second-order valence-electron chi connectivity index (χ2n) is 8.35. The average molecular weight is 490 g/mol. The second kappa shape index (κ2) is 7.64. The van der Waals surface area contributed by atoms with Crippen molar-refractivity contribution < 1.29 is 24.2 Å². The van der Waals surface area contributed by atoms with E-state index in [1.807, 2.05) is 6.92 Å². The molecule has 1 aliphatic rings. The van der Waals surface area contributed by atoms with Gasteiger partial charge in [-0.3, -0.25) is 4.90 Å². The predicted molar refractivity (Wildman–Crippen MR) is 110 cm³/mol. The zero-order chi connectivity index (χ0) is 21.6. The highest BCUT2D eigenvalue weighted by Gasteiger charge is 2.46. The third-order valence-corrected chi connectivity index (χ3v) is 5.24. The molecule has 0 saturated heterocycles. The van der Waals surface area contributed by atoms with E-state index >= 15 is 0 Å². The topological polar surface area (TPSA) is 106 Å². The molecular weight excluding hydrogens is 468 g/mol. The van der Waals surface area contributed by atoms with E-state index in [9.17, 15) is 14.7 Å². The van der Waals surface area contributed by atoms with Crippen LogP contribution in [0.1, 0.15) is 40.5 Å². The minimum atomic E-state index is -1.14. The minimum Gasteiger partial charge on any atom is -0.465 e. The van der Waals surface area contributed by atoms with Crippen LogP contribution < -0.4 is 4.90 Å². The third-order valence-electron chi connectivity index (χ3n) is 4.49. The first-order valence-corrected chi connectivity index (χ1v) is 10.2. The van der Waals surface area contributed by atoms with E-state index in [0.29, 0.717) is 28.8 Å². The number of ether oxygens (including phenoxy) is 2. The Bertz CT molecular complexity index is 952. The highest BCUT2D eigenvalue weighted by Crippen LogP contribution is 2.42. The largest absolute Gasteiger partial charge is 0.509 e. The number of aromatic nitrogens is 3. The van der Waals surface area contributed by atoms with Crippen molar-refractivity contribution in [2.45, 2.75) is 51.7 Å². The van der Waals surface area contributed by atoms with Crippen molar-refractivity contribution in [1.82, 2.24) is 14.6 Å². The fourth-order valence-corrected chi connectivity index (χ4v) is 3.98. The molecule has 29 heavy (non-hydrogen) atoms. The number of amides is 1. The zero-order valence-corrected chi connectivity index (χ0v) is 18.8. The van der Waals surface area contributed by atoms with Gasteiger partial charge in [-0.05, 0) is 62.4 Å². The molecule has 0 aliphatic heterocycles. The number of hydrogen-bond acceptors (Lipinski definition) is 6. The van der Waals surface area contributed by atoms with Gasteiger partial charge in [-0.2, -0.15) is 9.61 Å². The van der Waals surface area contributed by atoms with Crippen molar-refractivity contribution in [2.75, 3.05) is 11.4 Å². The van der Waals surface area contributed by atoms with Crippen molar-refractivity contribution in [3.8, 4) is 0 Å². The second-order valence-corrected chi connectivity index (χ2v) is 9.59. The van der Waals surface area contributed by atoms with E-state index in [1.165, 1.54) is 21.7 Å². The van der Waals surface area contributed by atoms with Gasteiger partial charge in [0.2, 0.25) is 0 Å². The Morgan fingerprint density at radius 1 is 1.45 bits per heavy atom. The van der Waals surface area contributed by atoms with Crippen molar-refractivity contribution in [1.29, 1.82) is 0 Å². The first kappa shape index (κ1) is 21.6. The Morgan fingerprint density at radius 2 is 2.10 bits per heavy atom. The molecule has 0 unspecified atom stereocenters. The highest BCUT2D eigenvalue weighted by atomic mass is 79.9. The summed E-state index contributed by atoms with van der Waals surface area (Å²) in [6.07, 6.45) is 0.693. The Labute approximate surface area is 181 Å². The van der Waals surface area contributed by atoms with Gasteiger partial charge < -0.3 is 14.6 Å². The smallest absolute Gasteiger partial charge is 0.465 e. The quantitative estimate of drug-likeness (QED) is 0.488. The molecule has 0 atom stereocenters. The summed E-state index contributed by atoms with van der Waals surface area (Å²) in [6.45, 7) is 7.30. The van der Waals surface area contributed by atoms with Crippen LogP contribution in [0.25, 0.3) is 5.65 Å². The number of anilines is 1. The van der Waals surface area contributed by atoms with Crippen LogP contribution in [-0.4, -0.2) is 49.7 Å². The molecule has 0 radical (unpaired) electrons. The molecule has 0 bridgehead atoms. The number of carboxylic acid groups (broad SMARTS) is 1. The van der Waals surface area contributed by atoms with Crippen molar-refractivity contribution in [3.05, 3.63) is 21.9 Å². The Kier molecular flexibility index (Phi) is 5.70. The van der Waals surface area contributed by atoms with Crippen molar-refractivity contribution in [2.24, 2.45) is 5.92 Å². The number of hydrogen-bond donors (Lipinski definition) is 1. The standard InChI is InChI=1S/C18H22BrClN4O5/c1-17(2,3)28-16(27)29-18(4)6-10(7-18)9-23(15(25)26)13-5-12(20)22-14-11(19)8-21-24(13)14/h5,8,10H,6-7,9H2,1-4H3,(H,25,26). The molecule has 2 heterocycles. The summed E-state index contributed by atoms with van der Waals surface area (Å²) < 4.78 is 12.7. The number of carbonyl (C=O) groups excluding carboxylic acids is 1. The van der Waals surface area contributed by atoms with Gasteiger partial charge in [0.05, 0.1) is 10.7 Å².